The third-order valence-electron chi connectivity index (χ3n) is 4.03. The van der Waals surface area contributed by atoms with Crippen LogP contribution < -0.4 is 20.3 Å². The minimum absolute atomic E-state index is 0.0779. The maximum absolute atomic E-state index is 12.1. The number of hydrogen-bond donors (Lipinski definition) is 2. The maximum Gasteiger partial charge on any atom is 0.321 e. The predicted octanol–water partition coefficient (Wildman–Crippen LogP) is 2.40. The summed E-state index contributed by atoms with van der Waals surface area (Å²) in [6.45, 7) is 4.08. The lowest BCUT2D eigenvalue weighted by Gasteiger charge is -2.13. The Morgan fingerprint density at radius 3 is 2.56 bits per heavy atom. The maximum atomic E-state index is 12.1. The average Bonchev–Trinajstić information content (AvgIpc) is 3.12. The van der Waals surface area contributed by atoms with E-state index in [1.807, 2.05) is 31.2 Å². The molecular formula is C21H21N3O3. The first-order valence-electron chi connectivity index (χ1n) is 8.82. The van der Waals surface area contributed by atoms with Crippen molar-refractivity contribution in [2.45, 2.75) is 6.92 Å². The van der Waals surface area contributed by atoms with Gasteiger partial charge in [-0.3, -0.25) is 9.69 Å². The van der Waals surface area contributed by atoms with Crippen molar-refractivity contribution in [3.05, 3.63) is 59.7 Å². The molecule has 3 amide bonds. The summed E-state index contributed by atoms with van der Waals surface area (Å²) in [5.74, 6) is 6.50. The standard InChI is InChI=1S/C21H21N3O3/c1-2-27-19-11-7-17(8-12-19)20(25)22-13-3-4-16-5-9-18(10-6-16)24-15-14-23-21(24)26/h5-12H,2,13-15H2,1H3,(H,22,25)(H,23,26). The first kappa shape index (κ1) is 18.3. The molecule has 0 unspecified atom stereocenters. The van der Waals surface area contributed by atoms with Gasteiger partial charge in [0.1, 0.15) is 5.75 Å². The summed E-state index contributed by atoms with van der Waals surface area (Å²) in [7, 11) is 0. The van der Waals surface area contributed by atoms with Gasteiger partial charge in [0, 0.05) is 29.9 Å². The van der Waals surface area contributed by atoms with Crippen molar-refractivity contribution in [2.75, 3.05) is 31.1 Å². The Balaban J connectivity index is 1.51. The molecule has 138 valence electrons. The van der Waals surface area contributed by atoms with E-state index in [1.54, 1.807) is 29.2 Å². The van der Waals surface area contributed by atoms with Gasteiger partial charge in [-0.05, 0) is 55.5 Å². The molecule has 1 saturated heterocycles. The van der Waals surface area contributed by atoms with E-state index < -0.39 is 0 Å². The number of ether oxygens (including phenoxy) is 1. The normalized spacial score (nSPS) is 12.8. The summed E-state index contributed by atoms with van der Waals surface area (Å²) >= 11 is 0. The molecule has 2 aromatic rings. The van der Waals surface area contributed by atoms with Crippen molar-refractivity contribution in [1.82, 2.24) is 10.6 Å². The Bertz CT molecular complexity index is 864. The lowest BCUT2D eigenvalue weighted by molar-refractivity contribution is 0.0958. The molecule has 0 radical (unpaired) electrons. The van der Waals surface area contributed by atoms with Gasteiger partial charge in [-0.15, -0.1) is 0 Å². The zero-order chi connectivity index (χ0) is 19.1. The highest BCUT2D eigenvalue weighted by Crippen LogP contribution is 2.16. The fourth-order valence-electron chi connectivity index (χ4n) is 2.68. The minimum atomic E-state index is -0.178. The van der Waals surface area contributed by atoms with E-state index in [2.05, 4.69) is 22.5 Å². The highest BCUT2D eigenvalue weighted by molar-refractivity contribution is 5.94. The summed E-state index contributed by atoms with van der Waals surface area (Å²) in [5, 5.41) is 5.54. The molecule has 0 spiro atoms. The number of nitrogens with one attached hydrogen (secondary N) is 2. The van der Waals surface area contributed by atoms with Crippen LogP contribution in [-0.4, -0.2) is 38.2 Å². The van der Waals surface area contributed by atoms with Crippen molar-refractivity contribution in [2.24, 2.45) is 0 Å². The van der Waals surface area contributed by atoms with Crippen LogP contribution in [0.3, 0.4) is 0 Å². The molecule has 1 aliphatic rings. The van der Waals surface area contributed by atoms with Crippen LogP contribution in [0.2, 0.25) is 0 Å². The number of amides is 3. The van der Waals surface area contributed by atoms with Gasteiger partial charge in [-0.2, -0.15) is 0 Å². The lowest BCUT2D eigenvalue weighted by atomic mass is 10.2. The highest BCUT2D eigenvalue weighted by atomic mass is 16.5. The Hall–Kier alpha value is -3.46. The number of urea groups is 1. The molecule has 3 rings (SSSR count). The summed E-state index contributed by atoms with van der Waals surface area (Å²) in [5.41, 5.74) is 2.24. The smallest absolute Gasteiger partial charge is 0.321 e. The molecule has 0 bridgehead atoms. The van der Waals surface area contributed by atoms with E-state index in [4.69, 9.17) is 4.74 Å². The van der Waals surface area contributed by atoms with Crippen LogP contribution in [0.4, 0.5) is 10.5 Å². The van der Waals surface area contributed by atoms with Crippen LogP contribution in [0.1, 0.15) is 22.8 Å². The van der Waals surface area contributed by atoms with E-state index in [9.17, 15) is 9.59 Å². The number of anilines is 1. The Morgan fingerprint density at radius 2 is 1.93 bits per heavy atom. The molecule has 27 heavy (non-hydrogen) atoms. The van der Waals surface area contributed by atoms with Gasteiger partial charge in [-0.1, -0.05) is 11.8 Å². The Kier molecular flexibility index (Phi) is 5.95. The fraction of sp³-hybridized carbons (Fsp3) is 0.238. The fourth-order valence-corrected chi connectivity index (χ4v) is 2.68. The van der Waals surface area contributed by atoms with Gasteiger partial charge in [0.15, 0.2) is 0 Å². The van der Waals surface area contributed by atoms with Crippen LogP contribution in [-0.2, 0) is 0 Å². The number of carbonyl (C=O) groups is 2. The molecular weight excluding hydrogens is 342 g/mol. The first-order valence-corrected chi connectivity index (χ1v) is 8.82. The Morgan fingerprint density at radius 1 is 1.19 bits per heavy atom. The van der Waals surface area contributed by atoms with Crippen molar-refractivity contribution >= 4 is 17.6 Å². The van der Waals surface area contributed by atoms with E-state index in [0.29, 0.717) is 25.3 Å². The van der Waals surface area contributed by atoms with Gasteiger partial charge < -0.3 is 15.4 Å². The van der Waals surface area contributed by atoms with Crippen LogP contribution in [0.15, 0.2) is 48.5 Å². The molecule has 0 aromatic heterocycles. The summed E-state index contributed by atoms with van der Waals surface area (Å²) in [6, 6.07) is 14.4. The largest absolute Gasteiger partial charge is 0.494 e. The number of hydrogen-bond acceptors (Lipinski definition) is 3. The van der Waals surface area contributed by atoms with Gasteiger partial charge in [0.25, 0.3) is 5.91 Å². The molecule has 1 fully saturated rings. The predicted molar refractivity (Wildman–Crippen MR) is 104 cm³/mol. The minimum Gasteiger partial charge on any atom is -0.494 e. The molecule has 1 aliphatic heterocycles. The summed E-state index contributed by atoms with van der Waals surface area (Å²) < 4.78 is 5.36. The van der Waals surface area contributed by atoms with E-state index in [-0.39, 0.29) is 18.5 Å². The quantitative estimate of drug-likeness (QED) is 0.802. The van der Waals surface area contributed by atoms with E-state index in [1.165, 1.54) is 0 Å². The number of rotatable bonds is 5. The van der Waals surface area contributed by atoms with Crippen LogP contribution >= 0.6 is 0 Å². The zero-order valence-corrected chi connectivity index (χ0v) is 15.1. The van der Waals surface area contributed by atoms with Crippen molar-refractivity contribution in [1.29, 1.82) is 0 Å². The molecule has 0 aliphatic carbocycles. The zero-order valence-electron chi connectivity index (χ0n) is 15.1. The summed E-state index contributed by atoms with van der Waals surface area (Å²) in [6.07, 6.45) is 0. The van der Waals surface area contributed by atoms with Crippen molar-refractivity contribution in [3.63, 3.8) is 0 Å². The van der Waals surface area contributed by atoms with Gasteiger partial charge in [0.05, 0.1) is 13.2 Å². The summed E-state index contributed by atoms with van der Waals surface area (Å²) in [4.78, 5) is 25.4. The average molecular weight is 363 g/mol. The third kappa shape index (κ3) is 4.79. The topological polar surface area (TPSA) is 70.7 Å². The van der Waals surface area contributed by atoms with E-state index in [0.717, 1.165) is 17.0 Å². The van der Waals surface area contributed by atoms with Crippen LogP contribution in [0, 0.1) is 11.8 Å². The van der Waals surface area contributed by atoms with E-state index >= 15 is 0 Å². The molecule has 0 atom stereocenters. The number of carbonyl (C=O) groups excluding carboxylic acids is 2. The molecule has 1 heterocycles. The molecule has 6 heteroatoms. The second-order valence-electron chi connectivity index (χ2n) is 5.87. The van der Waals surface area contributed by atoms with Crippen LogP contribution in [0.25, 0.3) is 0 Å². The molecule has 2 aromatic carbocycles. The van der Waals surface area contributed by atoms with Crippen LogP contribution in [0.5, 0.6) is 5.75 Å². The van der Waals surface area contributed by atoms with Crippen molar-refractivity contribution in [3.8, 4) is 17.6 Å². The SMILES string of the molecule is CCOc1ccc(C(=O)NCC#Cc2ccc(N3CCNC3=O)cc2)cc1. The third-order valence-corrected chi connectivity index (χ3v) is 4.03. The highest BCUT2D eigenvalue weighted by Gasteiger charge is 2.20. The van der Waals surface area contributed by atoms with Gasteiger partial charge in [0.2, 0.25) is 0 Å². The second-order valence-corrected chi connectivity index (χ2v) is 5.87. The van der Waals surface area contributed by atoms with Gasteiger partial charge >= 0.3 is 6.03 Å². The lowest BCUT2D eigenvalue weighted by Crippen LogP contribution is -2.27. The first-order chi connectivity index (χ1) is 13.2. The second kappa shape index (κ2) is 8.77. The molecule has 6 nitrogen and oxygen atoms in total. The van der Waals surface area contributed by atoms with Crippen molar-refractivity contribution < 1.29 is 14.3 Å². The Labute approximate surface area is 158 Å². The molecule has 0 saturated carbocycles. The monoisotopic (exact) mass is 363 g/mol. The number of nitrogens with zero attached hydrogens (tertiary/aromatic N) is 1. The molecule has 2 N–H and O–H groups in total. The number of benzene rings is 2. The van der Waals surface area contributed by atoms with Gasteiger partial charge in [-0.25, -0.2) is 4.79 Å².